The maximum atomic E-state index is 12.9. The molecule has 0 unspecified atom stereocenters. The lowest BCUT2D eigenvalue weighted by molar-refractivity contribution is -0.120. The van der Waals surface area contributed by atoms with E-state index in [1.807, 2.05) is 48.5 Å². The van der Waals surface area contributed by atoms with Crippen LogP contribution in [-0.4, -0.2) is 44.8 Å². The lowest BCUT2D eigenvalue weighted by atomic mass is 9.95. The van der Waals surface area contributed by atoms with Gasteiger partial charge in [0.1, 0.15) is 28.9 Å². The van der Waals surface area contributed by atoms with E-state index < -0.39 is 0 Å². The van der Waals surface area contributed by atoms with E-state index >= 15 is 0 Å². The van der Waals surface area contributed by atoms with Gasteiger partial charge in [0.05, 0.1) is 30.2 Å². The second-order valence-corrected chi connectivity index (χ2v) is 8.21. The average molecular weight is 447 g/mol. The van der Waals surface area contributed by atoms with Crippen LogP contribution in [0.5, 0.6) is 5.75 Å². The van der Waals surface area contributed by atoms with Crippen molar-refractivity contribution in [3.05, 3.63) is 54.9 Å². The summed E-state index contributed by atoms with van der Waals surface area (Å²) >= 11 is 1.15. The number of amides is 1. The fourth-order valence-electron chi connectivity index (χ4n) is 3.95. The molecule has 8 nitrogen and oxygen atoms in total. The molecular formula is C23H22N6O2S. The Balaban J connectivity index is 1.23. The highest BCUT2D eigenvalue weighted by molar-refractivity contribution is 7.00. The Bertz CT molecular complexity index is 1230. The number of anilines is 2. The molecule has 1 aliphatic heterocycles. The van der Waals surface area contributed by atoms with Crippen molar-refractivity contribution in [3.63, 3.8) is 0 Å². The highest BCUT2D eigenvalue weighted by Crippen LogP contribution is 2.28. The maximum absolute atomic E-state index is 12.9. The number of fused-ring (bicyclic) bond motifs is 1. The van der Waals surface area contributed by atoms with Crippen molar-refractivity contribution >= 4 is 40.2 Å². The van der Waals surface area contributed by atoms with Crippen LogP contribution < -0.4 is 15.0 Å². The molecule has 0 saturated carbocycles. The van der Waals surface area contributed by atoms with Crippen molar-refractivity contribution in [2.24, 2.45) is 5.92 Å². The minimum absolute atomic E-state index is 0.0340. The molecule has 0 radical (unpaired) electrons. The van der Waals surface area contributed by atoms with Crippen molar-refractivity contribution < 1.29 is 9.53 Å². The Morgan fingerprint density at radius 2 is 1.91 bits per heavy atom. The van der Waals surface area contributed by atoms with Gasteiger partial charge in [0, 0.05) is 30.6 Å². The van der Waals surface area contributed by atoms with E-state index in [-0.39, 0.29) is 11.8 Å². The number of nitrogens with zero attached hydrogens (tertiary/aromatic N) is 5. The smallest absolute Gasteiger partial charge is 0.227 e. The van der Waals surface area contributed by atoms with Crippen molar-refractivity contribution in [2.75, 3.05) is 30.4 Å². The third kappa shape index (κ3) is 4.11. The number of carbonyl (C=O) groups is 1. The largest absolute Gasteiger partial charge is 0.497 e. The Labute approximate surface area is 189 Å². The van der Waals surface area contributed by atoms with Crippen LogP contribution >= 0.6 is 11.7 Å². The van der Waals surface area contributed by atoms with Crippen LogP contribution in [0.1, 0.15) is 12.8 Å². The normalized spacial score (nSPS) is 14.5. The van der Waals surface area contributed by atoms with Gasteiger partial charge in [-0.05, 0) is 49.2 Å². The summed E-state index contributed by atoms with van der Waals surface area (Å²) in [7, 11) is 1.65. The van der Waals surface area contributed by atoms with Gasteiger partial charge < -0.3 is 15.0 Å². The van der Waals surface area contributed by atoms with Crippen molar-refractivity contribution in [1.82, 2.24) is 18.7 Å². The van der Waals surface area contributed by atoms with Crippen LogP contribution in [0.15, 0.2) is 54.9 Å². The zero-order valence-corrected chi connectivity index (χ0v) is 18.4. The molecule has 162 valence electrons. The van der Waals surface area contributed by atoms with Crippen LogP contribution in [0.25, 0.3) is 22.3 Å². The summed E-state index contributed by atoms with van der Waals surface area (Å²) in [5.41, 5.74) is 4.15. The van der Waals surface area contributed by atoms with Gasteiger partial charge in [-0.1, -0.05) is 6.07 Å². The number of aromatic nitrogens is 4. The van der Waals surface area contributed by atoms with Crippen LogP contribution in [0, 0.1) is 5.92 Å². The first kappa shape index (κ1) is 20.3. The summed E-state index contributed by atoms with van der Waals surface area (Å²) in [5, 5.41) is 3.05. The summed E-state index contributed by atoms with van der Waals surface area (Å²) in [6.07, 6.45) is 3.12. The lowest BCUT2D eigenvalue weighted by Gasteiger charge is -2.32. The first-order chi connectivity index (χ1) is 15.7. The minimum Gasteiger partial charge on any atom is -0.497 e. The van der Waals surface area contributed by atoms with E-state index in [2.05, 4.69) is 28.9 Å². The predicted molar refractivity (Wildman–Crippen MR) is 125 cm³/mol. The molecule has 0 bridgehead atoms. The molecule has 2 aromatic carbocycles. The molecule has 5 rings (SSSR count). The van der Waals surface area contributed by atoms with Gasteiger partial charge >= 0.3 is 0 Å². The topological polar surface area (TPSA) is 93.1 Å². The van der Waals surface area contributed by atoms with Crippen molar-refractivity contribution in [3.8, 4) is 17.0 Å². The maximum Gasteiger partial charge on any atom is 0.227 e. The van der Waals surface area contributed by atoms with Gasteiger partial charge in [-0.3, -0.25) is 4.79 Å². The number of methoxy groups -OCH3 is 1. The number of ether oxygens (including phenoxy) is 1. The molecule has 32 heavy (non-hydrogen) atoms. The van der Waals surface area contributed by atoms with Gasteiger partial charge in [0.2, 0.25) is 5.91 Å². The lowest BCUT2D eigenvalue weighted by Crippen LogP contribution is -2.38. The molecule has 3 heterocycles. The highest BCUT2D eigenvalue weighted by atomic mass is 32.1. The van der Waals surface area contributed by atoms with Crippen LogP contribution in [0.2, 0.25) is 0 Å². The zero-order chi connectivity index (χ0) is 21.9. The monoisotopic (exact) mass is 446 g/mol. The molecule has 1 amide bonds. The van der Waals surface area contributed by atoms with E-state index in [1.54, 1.807) is 13.4 Å². The van der Waals surface area contributed by atoms with Gasteiger partial charge in [-0.25, -0.2) is 9.97 Å². The van der Waals surface area contributed by atoms with Crippen LogP contribution in [0.3, 0.4) is 0 Å². The van der Waals surface area contributed by atoms with Crippen LogP contribution in [0.4, 0.5) is 11.5 Å². The molecule has 9 heteroatoms. The number of hydrogen-bond donors (Lipinski definition) is 1. The highest BCUT2D eigenvalue weighted by Gasteiger charge is 2.26. The van der Waals surface area contributed by atoms with Crippen LogP contribution in [-0.2, 0) is 4.79 Å². The summed E-state index contributed by atoms with van der Waals surface area (Å²) in [4.78, 5) is 24.0. The SMILES string of the molecule is COc1ccc(-c2cc(N3CCC(C(=O)Nc4cccc5nsnc45)CC3)ncn2)cc1. The quantitative estimate of drug-likeness (QED) is 0.495. The fourth-order valence-corrected chi connectivity index (χ4v) is 4.50. The molecule has 0 aliphatic carbocycles. The van der Waals surface area contributed by atoms with E-state index in [1.165, 1.54) is 0 Å². The predicted octanol–water partition coefficient (Wildman–Crippen LogP) is 4.01. The second kappa shape index (κ2) is 8.88. The first-order valence-electron chi connectivity index (χ1n) is 10.4. The Kier molecular flexibility index (Phi) is 5.64. The summed E-state index contributed by atoms with van der Waals surface area (Å²) < 4.78 is 13.8. The first-order valence-corrected chi connectivity index (χ1v) is 11.2. The molecule has 1 N–H and O–H groups in total. The molecule has 1 aliphatic rings. The molecule has 0 spiro atoms. The summed E-state index contributed by atoms with van der Waals surface area (Å²) in [6.45, 7) is 1.53. The van der Waals surface area contributed by atoms with Crippen molar-refractivity contribution in [1.29, 1.82) is 0 Å². The third-order valence-corrected chi connectivity index (χ3v) is 6.31. The zero-order valence-electron chi connectivity index (χ0n) is 17.6. The van der Waals surface area contributed by atoms with E-state index in [0.717, 1.165) is 77.2 Å². The average Bonchev–Trinajstić information content (AvgIpc) is 3.34. The molecular weight excluding hydrogens is 424 g/mol. The molecule has 2 aromatic heterocycles. The van der Waals surface area contributed by atoms with E-state index in [4.69, 9.17) is 4.74 Å². The van der Waals surface area contributed by atoms with Gasteiger partial charge in [0.15, 0.2) is 0 Å². The fraction of sp³-hybridized carbons (Fsp3) is 0.261. The number of rotatable bonds is 5. The molecule has 1 fully saturated rings. The Morgan fingerprint density at radius 1 is 1.09 bits per heavy atom. The molecule has 4 aromatic rings. The number of nitrogens with one attached hydrogen (secondary N) is 1. The number of hydrogen-bond acceptors (Lipinski definition) is 8. The molecule has 1 saturated heterocycles. The summed E-state index contributed by atoms with van der Waals surface area (Å²) in [6, 6.07) is 15.5. The van der Waals surface area contributed by atoms with Gasteiger partial charge in [-0.15, -0.1) is 0 Å². The Morgan fingerprint density at radius 3 is 2.69 bits per heavy atom. The second-order valence-electron chi connectivity index (χ2n) is 7.68. The Hall–Kier alpha value is -3.59. The van der Waals surface area contributed by atoms with Gasteiger partial charge in [0.25, 0.3) is 0 Å². The summed E-state index contributed by atoms with van der Waals surface area (Å²) in [5.74, 6) is 1.68. The van der Waals surface area contributed by atoms with E-state index in [0.29, 0.717) is 0 Å². The van der Waals surface area contributed by atoms with E-state index in [9.17, 15) is 4.79 Å². The minimum atomic E-state index is -0.0454. The number of carbonyl (C=O) groups excluding carboxylic acids is 1. The van der Waals surface area contributed by atoms with Gasteiger partial charge in [-0.2, -0.15) is 8.75 Å². The number of piperidine rings is 1. The van der Waals surface area contributed by atoms with Crippen molar-refractivity contribution in [2.45, 2.75) is 12.8 Å². The third-order valence-electron chi connectivity index (χ3n) is 5.77. The molecule has 0 atom stereocenters. The standard InChI is InChI=1S/C23H22N6O2S/c1-31-17-7-5-15(6-8-17)20-13-21(25-14-24-20)29-11-9-16(10-12-29)23(30)26-18-3-2-4-19-22(18)28-32-27-19/h2-8,13-14,16H,9-12H2,1H3,(H,26,30). The number of benzene rings is 2.